The van der Waals surface area contributed by atoms with Crippen LogP contribution in [0.4, 0.5) is 4.79 Å². The first-order valence-electron chi connectivity index (χ1n) is 1.60. The van der Waals surface area contributed by atoms with Crippen molar-refractivity contribution < 1.29 is 122 Å². The van der Waals surface area contributed by atoms with Crippen LogP contribution in [0.2, 0.25) is 0 Å². The summed E-state index contributed by atoms with van der Waals surface area (Å²) in [6, 6.07) is 0. The van der Waals surface area contributed by atoms with Gasteiger partial charge in [-0.05, 0) is 6.16 Å². The quantitative estimate of drug-likeness (QED) is 0.377. The van der Waals surface area contributed by atoms with Crippen LogP contribution in [0.5, 0.6) is 0 Å². The average molecular weight is 216 g/mol. The van der Waals surface area contributed by atoms with Gasteiger partial charge in [0.25, 0.3) is 0 Å². The van der Waals surface area contributed by atoms with E-state index in [1.165, 1.54) is 0 Å². The number of carbonyl (C=O) groups excluding carboxylic acids is 1. The summed E-state index contributed by atoms with van der Waals surface area (Å²) in [6.07, 6.45) is 0.944. The topological polar surface area (TPSA) is 80.3 Å². The maximum Gasteiger partial charge on any atom is 1.00 e. The second kappa shape index (κ2) is 17.7. The van der Waals surface area contributed by atoms with Crippen LogP contribution in [0, 0.1) is 0 Å². The van der Waals surface area contributed by atoms with E-state index in [0.717, 1.165) is 0 Å². The fourth-order valence-corrected chi connectivity index (χ4v) is 0. The van der Waals surface area contributed by atoms with Gasteiger partial charge in [-0.3, -0.25) is 4.21 Å². The standard InChI is InChI=1S/C2H6OS.CH2O3.2K/c1-4(2)3;2-1(3)4;;/h1-2H3;(H2,2,3,4);;/q;;2*+1/p-2. The van der Waals surface area contributed by atoms with Crippen molar-refractivity contribution in [3.63, 3.8) is 0 Å². The molecule has 4 nitrogen and oxygen atoms in total. The maximum absolute atomic E-state index is 9.56. The minimum Gasteiger partial charge on any atom is -0.652 e. The molecule has 0 aromatic carbocycles. The van der Waals surface area contributed by atoms with Gasteiger partial charge in [-0.1, -0.05) is 0 Å². The molecule has 0 rings (SSSR count). The van der Waals surface area contributed by atoms with E-state index in [4.69, 9.17) is 15.0 Å². The van der Waals surface area contributed by atoms with E-state index < -0.39 is 17.0 Å². The third-order valence-electron chi connectivity index (χ3n) is 0. The van der Waals surface area contributed by atoms with E-state index in [0.29, 0.717) is 0 Å². The molecule has 0 saturated heterocycles. The molecule has 0 aromatic heterocycles. The molecule has 0 aromatic rings. The van der Waals surface area contributed by atoms with Gasteiger partial charge in [0.05, 0.1) is 0 Å². The molecule has 0 atom stereocenters. The number of rotatable bonds is 0. The fraction of sp³-hybridized carbons (Fsp3) is 0.667. The van der Waals surface area contributed by atoms with Crippen molar-refractivity contribution in [1.29, 1.82) is 0 Å². The van der Waals surface area contributed by atoms with Crippen LogP contribution >= 0.6 is 0 Å². The maximum atomic E-state index is 9.56. The van der Waals surface area contributed by atoms with Crippen molar-refractivity contribution in [3.05, 3.63) is 0 Å². The number of hydrogen-bond donors (Lipinski definition) is 0. The van der Waals surface area contributed by atoms with E-state index in [9.17, 15) is 4.21 Å². The van der Waals surface area contributed by atoms with Crippen molar-refractivity contribution in [2.24, 2.45) is 0 Å². The molecule has 0 fully saturated rings. The van der Waals surface area contributed by atoms with Crippen molar-refractivity contribution in [1.82, 2.24) is 0 Å². The summed E-state index contributed by atoms with van der Waals surface area (Å²) in [6.45, 7) is 0. The molecule has 7 heteroatoms. The summed E-state index contributed by atoms with van der Waals surface area (Å²) < 4.78 is 9.56. The summed E-state index contributed by atoms with van der Waals surface area (Å²) in [5.74, 6) is 0. The summed E-state index contributed by atoms with van der Waals surface area (Å²) in [7, 11) is -0.611. The van der Waals surface area contributed by atoms with E-state index in [1.54, 1.807) is 12.5 Å². The number of hydrogen-bond acceptors (Lipinski definition) is 4. The van der Waals surface area contributed by atoms with Gasteiger partial charge in [-0.15, -0.1) is 0 Å². The predicted molar refractivity (Wildman–Crippen MR) is 25.4 cm³/mol. The van der Waals surface area contributed by atoms with Crippen molar-refractivity contribution in [2.75, 3.05) is 12.5 Å². The molecule has 0 N–H and O–H groups in total. The van der Waals surface area contributed by atoms with Gasteiger partial charge in [-0.2, -0.15) is 0 Å². The van der Waals surface area contributed by atoms with Crippen LogP contribution in [-0.2, 0) is 10.8 Å². The molecule has 0 unspecified atom stereocenters. The zero-order chi connectivity index (χ0) is 7.15. The SMILES string of the molecule is CS(C)=O.O=C([O-])[O-].[K+].[K+]. The zero-order valence-corrected chi connectivity index (χ0v) is 13.6. The Balaban J connectivity index is -0.0000000300. The first-order chi connectivity index (χ1) is 3.46. The van der Waals surface area contributed by atoms with Crippen molar-refractivity contribution in [3.8, 4) is 0 Å². The van der Waals surface area contributed by atoms with E-state index in [2.05, 4.69) is 0 Å². The van der Waals surface area contributed by atoms with Crippen LogP contribution in [0.1, 0.15) is 0 Å². The molecule has 0 amide bonds. The second-order valence-electron chi connectivity index (χ2n) is 0.992. The summed E-state index contributed by atoms with van der Waals surface area (Å²) in [5, 5.41) is 16.7. The van der Waals surface area contributed by atoms with Crippen LogP contribution in [0.15, 0.2) is 0 Å². The van der Waals surface area contributed by atoms with Gasteiger partial charge >= 0.3 is 103 Å². The Morgan fingerprint density at radius 2 is 1.20 bits per heavy atom. The van der Waals surface area contributed by atoms with Crippen molar-refractivity contribution in [2.45, 2.75) is 0 Å². The molecule has 10 heavy (non-hydrogen) atoms. The third kappa shape index (κ3) is 139. The molecule has 50 valence electrons. The first-order valence-corrected chi connectivity index (χ1v) is 3.56. The monoisotopic (exact) mass is 216 g/mol. The molecule has 0 aliphatic heterocycles. The molecule has 0 aliphatic rings. The Bertz CT molecular complexity index is 76.5. The van der Waals surface area contributed by atoms with E-state index in [-0.39, 0.29) is 103 Å². The average Bonchev–Trinajstić information content (AvgIpc) is 1.25. The van der Waals surface area contributed by atoms with Crippen LogP contribution in [-0.4, -0.2) is 22.9 Å². The first kappa shape index (κ1) is 23.0. The largest absolute Gasteiger partial charge is 1.00 e. The van der Waals surface area contributed by atoms with Gasteiger partial charge in [0.1, 0.15) is 0 Å². The van der Waals surface area contributed by atoms with Crippen LogP contribution in [0.3, 0.4) is 0 Å². The Labute approximate surface area is 147 Å². The van der Waals surface area contributed by atoms with Crippen LogP contribution < -0.4 is 113 Å². The van der Waals surface area contributed by atoms with Gasteiger partial charge in [0.15, 0.2) is 0 Å². The molecule has 0 radical (unpaired) electrons. The second-order valence-corrected chi connectivity index (χ2v) is 2.47. The number of carboxylic acid groups (broad SMARTS) is 2. The summed E-state index contributed by atoms with van der Waals surface area (Å²) in [4.78, 5) is 8.33. The molecule has 0 spiro atoms. The van der Waals surface area contributed by atoms with Gasteiger partial charge < -0.3 is 15.0 Å². The molecular formula is C3H6K2O4S. The minimum absolute atomic E-state index is 0. The Morgan fingerprint density at radius 1 is 1.20 bits per heavy atom. The molecule has 0 aliphatic carbocycles. The molecule has 0 bridgehead atoms. The van der Waals surface area contributed by atoms with Crippen LogP contribution in [0.25, 0.3) is 0 Å². The van der Waals surface area contributed by atoms with Gasteiger partial charge in [0, 0.05) is 23.3 Å². The molecule has 0 saturated carbocycles. The van der Waals surface area contributed by atoms with E-state index in [1.807, 2.05) is 0 Å². The summed E-state index contributed by atoms with van der Waals surface area (Å²) in [5.41, 5.74) is 0. The normalized spacial score (nSPS) is 5.90. The van der Waals surface area contributed by atoms with E-state index >= 15 is 0 Å². The third-order valence-corrected chi connectivity index (χ3v) is 0. The Hall–Kier alpha value is 2.69. The number of carbonyl (C=O) groups is 1. The summed E-state index contributed by atoms with van der Waals surface area (Å²) >= 11 is 0. The minimum atomic E-state index is -2.33. The molecule has 0 heterocycles. The molecular weight excluding hydrogens is 210 g/mol. The Kier molecular flexibility index (Phi) is 40.6. The van der Waals surface area contributed by atoms with Gasteiger partial charge in [0.2, 0.25) is 0 Å². The fourth-order valence-electron chi connectivity index (χ4n) is 0. The Morgan fingerprint density at radius 3 is 1.20 bits per heavy atom. The van der Waals surface area contributed by atoms with Gasteiger partial charge in [-0.25, -0.2) is 0 Å². The smallest absolute Gasteiger partial charge is 0.652 e. The zero-order valence-electron chi connectivity index (χ0n) is 6.54. The van der Waals surface area contributed by atoms with Crippen molar-refractivity contribution >= 4 is 17.0 Å². The predicted octanol–water partition coefficient (Wildman–Crippen LogP) is -8.44.